The summed E-state index contributed by atoms with van der Waals surface area (Å²) in [5.74, 6) is 0. The molecule has 0 aliphatic heterocycles. The number of nitrogens with zero attached hydrogens (tertiary/aromatic N) is 2. The van der Waals surface area contributed by atoms with Gasteiger partial charge in [-0.2, -0.15) is 0 Å². The highest BCUT2D eigenvalue weighted by Gasteiger charge is 2.52. The van der Waals surface area contributed by atoms with Gasteiger partial charge in [0.05, 0.1) is 27.8 Å². The maximum atomic E-state index is 2.56. The van der Waals surface area contributed by atoms with Gasteiger partial charge >= 0.3 is 0 Å². The normalized spacial score (nSPS) is 13.0. The fourth-order valence-corrected chi connectivity index (χ4v) is 11.8. The van der Waals surface area contributed by atoms with Crippen molar-refractivity contribution in [1.29, 1.82) is 0 Å². The Bertz CT molecular complexity index is 3850. The Morgan fingerprint density at radius 2 is 0.908 bits per heavy atom. The molecule has 2 aliphatic rings. The van der Waals surface area contributed by atoms with Gasteiger partial charge in [-0.25, -0.2) is 0 Å². The smallest absolute Gasteiger partial charge is 0.0726 e. The van der Waals surface area contributed by atoms with E-state index in [0.29, 0.717) is 0 Å². The molecule has 0 saturated carbocycles. The van der Waals surface area contributed by atoms with Crippen molar-refractivity contribution in [1.82, 2.24) is 4.57 Å². The molecule has 0 saturated heterocycles. The van der Waals surface area contributed by atoms with Crippen molar-refractivity contribution in [2.45, 2.75) is 5.41 Å². The molecule has 2 heteroatoms. The lowest BCUT2D eigenvalue weighted by Crippen LogP contribution is -2.26. The second kappa shape index (κ2) is 13.8. The van der Waals surface area contributed by atoms with Crippen molar-refractivity contribution in [3.8, 4) is 39.1 Å². The first-order chi connectivity index (χ1) is 32.3. The Hall–Kier alpha value is -8.46. The largest absolute Gasteiger partial charge is 0.309 e. The maximum Gasteiger partial charge on any atom is 0.0726 e. The van der Waals surface area contributed by atoms with Crippen LogP contribution in [0.2, 0.25) is 0 Å². The molecule has 1 aromatic heterocycles. The number of anilines is 3. The number of benzene rings is 11. The molecule has 0 atom stereocenters. The van der Waals surface area contributed by atoms with Crippen LogP contribution in [-0.2, 0) is 5.41 Å². The van der Waals surface area contributed by atoms with E-state index in [0.717, 1.165) is 22.7 Å². The van der Waals surface area contributed by atoms with Gasteiger partial charge in [0.15, 0.2) is 0 Å². The predicted octanol–water partition coefficient (Wildman–Crippen LogP) is 16.6. The zero-order valence-electron chi connectivity index (χ0n) is 35.5. The summed E-state index contributed by atoms with van der Waals surface area (Å²) in [6.45, 7) is 0. The quantitative estimate of drug-likeness (QED) is 0.168. The van der Waals surface area contributed by atoms with Gasteiger partial charge < -0.3 is 9.47 Å². The average Bonchev–Trinajstić information content (AvgIpc) is 3.99. The molecular formula is C63H40N2. The van der Waals surface area contributed by atoms with E-state index in [9.17, 15) is 0 Å². The Balaban J connectivity index is 1.12. The molecule has 0 bridgehead atoms. The first-order valence-electron chi connectivity index (χ1n) is 22.6. The SMILES string of the molecule is c1ccc(N(c2cccc3c2-c2ccccc2C32c3ccccc3-c3ccccc32)c2cc3ccccc3c3c2c2ccc(-c4cccc5ccccc45)cc2n3-c2ccccc2)cc1. The lowest BCUT2D eigenvalue weighted by atomic mass is 9.70. The molecule has 11 aromatic carbocycles. The van der Waals surface area contributed by atoms with E-state index >= 15 is 0 Å². The molecule has 0 N–H and O–H groups in total. The molecule has 0 amide bonds. The molecule has 0 radical (unpaired) electrons. The van der Waals surface area contributed by atoms with Crippen LogP contribution >= 0.6 is 0 Å². The molecule has 1 spiro atoms. The number of hydrogen-bond donors (Lipinski definition) is 0. The molecule has 12 aromatic rings. The van der Waals surface area contributed by atoms with Crippen molar-refractivity contribution in [3.05, 3.63) is 265 Å². The Kier molecular flexibility index (Phi) is 7.64. The average molecular weight is 825 g/mol. The third-order valence-electron chi connectivity index (χ3n) is 14.3. The monoisotopic (exact) mass is 824 g/mol. The summed E-state index contributed by atoms with van der Waals surface area (Å²) in [6.07, 6.45) is 0. The summed E-state index contributed by atoms with van der Waals surface area (Å²) < 4.78 is 2.51. The van der Waals surface area contributed by atoms with Crippen molar-refractivity contribution in [2.75, 3.05) is 4.90 Å². The van der Waals surface area contributed by atoms with Crippen LogP contribution in [0, 0.1) is 0 Å². The maximum absolute atomic E-state index is 2.56. The Morgan fingerprint density at radius 1 is 0.354 bits per heavy atom. The molecule has 14 rings (SSSR count). The standard InChI is InChI=1S/C63H40N2/c1-3-22-44(23-4-1)64(57-36-18-35-56-60(57)51-30-13-16-34-55(51)63(56)53-32-14-11-28-49(53)50-29-12-15-33-54(50)63)59-40-42-20-8-10-27-48(42)62-61(59)52-38-37-43(39-58(52)65(62)45-24-5-2-6-25-45)47-31-17-21-41-19-7-9-26-46(41)47/h1-40H. The van der Waals surface area contributed by atoms with Crippen LogP contribution in [0.5, 0.6) is 0 Å². The van der Waals surface area contributed by atoms with Crippen LogP contribution in [0.25, 0.3) is 82.4 Å². The first-order valence-corrected chi connectivity index (χ1v) is 22.6. The lowest BCUT2D eigenvalue weighted by molar-refractivity contribution is 0.794. The third-order valence-corrected chi connectivity index (χ3v) is 14.3. The molecule has 0 fully saturated rings. The Morgan fingerprint density at radius 3 is 1.66 bits per heavy atom. The number of hydrogen-bond acceptors (Lipinski definition) is 1. The summed E-state index contributed by atoms with van der Waals surface area (Å²) in [5, 5.41) is 7.31. The van der Waals surface area contributed by atoms with E-state index in [1.165, 1.54) is 99.0 Å². The minimum absolute atomic E-state index is 0.461. The van der Waals surface area contributed by atoms with Crippen LogP contribution in [0.15, 0.2) is 243 Å². The van der Waals surface area contributed by atoms with Crippen LogP contribution in [0.4, 0.5) is 17.1 Å². The van der Waals surface area contributed by atoms with Gasteiger partial charge in [-0.05, 0) is 109 Å². The van der Waals surface area contributed by atoms with Crippen molar-refractivity contribution >= 4 is 60.4 Å². The number of aromatic nitrogens is 1. The summed E-state index contributed by atoms with van der Waals surface area (Å²) in [4.78, 5) is 2.56. The third kappa shape index (κ3) is 4.94. The highest BCUT2D eigenvalue weighted by molar-refractivity contribution is 6.25. The van der Waals surface area contributed by atoms with E-state index in [2.05, 4.69) is 252 Å². The number of para-hydroxylation sites is 2. The molecule has 0 unspecified atom stereocenters. The summed E-state index contributed by atoms with van der Waals surface area (Å²) in [5.41, 5.74) is 19.4. The highest BCUT2D eigenvalue weighted by atomic mass is 15.2. The topological polar surface area (TPSA) is 8.17 Å². The summed E-state index contributed by atoms with van der Waals surface area (Å²) in [7, 11) is 0. The van der Waals surface area contributed by atoms with Crippen LogP contribution in [0.1, 0.15) is 22.3 Å². The number of rotatable bonds is 5. The van der Waals surface area contributed by atoms with E-state index in [4.69, 9.17) is 0 Å². The van der Waals surface area contributed by atoms with Crippen molar-refractivity contribution < 1.29 is 0 Å². The summed E-state index contributed by atoms with van der Waals surface area (Å²) >= 11 is 0. The van der Waals surface area contributed by atoms with E-state index in [1.54, 1.807) is 0 Å². The zero-order chi connectivity index (χ0) is 42.6. The Labute approximate surface area is 377 Å². The highest BCUT2D eigenvalue weighted by Crippen LogP contribution is 2.65. The molecule has 65 heavy (non-hydrogen) atoms. The van der Waals surface area contributed by atoms with E-state index in [-0.39, 0.29) is 0 Å². The molecule has 2 nitrogen and oxygen atoms in total. The van der Waals surface area contributed by atoms with Gasteiger partial charge in [-0.3, -0.25) is 0 Å². The van der Waals surface area contributed by atoms with E-state index < -0.39 is 5.41 Å². The second-order valence-corrected chi connectivity index (χ2v) is 17.5. The van der Waals surface area contributed by atoms with Gasteiger partial charge in [-0.1, -0.05) is 200 Å². The fraction of sp³-hybridized carbons (Fsp3) is 0.0159. The molecule has 302 valence electrons. The molecule has 2 aliphatic carbocycles. The van der Waals surface area contributed by atoms with Crippen LogP contribution < -0.4 is 4.90 Å². The van der Waals surface area contributed by atoms with Crippen LogP contribution in [0.3, 0.4) is 0 Å². The molecular weight excluding hydrogens is 785 g/mol. The summed E-state index contributed by atoms with van der Waals surface area (Å²) in [6, 6.07) is 90.2. The van der Waals surface area contributed by atoms with Gasteiger partial charge in [0.1, 0.15) is 0 Å². The van der Waals surface area contributed by atoms with Crippen LogP contribution in [-0.4, -0.2) is 4.57 Å². The first kappa shape index (κ1) is 36.1. The van der Waals surface area contributed by atoms with Crippen molar-refractivity contribution in [3.63, 3.8) is 0 Å². The lowest BCUT2D eigenvalue weighted by Gasteiger charge is -2.32. The van der Waals surface area contributed by atoms with Gasteiger partial charge in [-0.15, -0.1) is 0 Å². The van der Waals surface area contributed by atoms with Gasteiger partial charge in [0.25, 0.3) is 0 Å². The minimum Gasteiger partial charge on any atom is -0.309 e. The van der Waals surface area contributed by atoms with Gasteiger partial charge in [0.2, 0.25) is 0 Å². The zero-order valence-corrected chi connectivity index (χ0v) is 35.5. The number of fused-ring (bicyclic) bond motifs is 16. The predicted molar refractivity (Wildman–Crippen MR) is 272 cm³/mol. The van der Waals surface area contributed by atoms with Crippen molar-refractivity contribution in [2.24, 2.45) is 0 Å². The van der Waals surface area contributed by atoms with Gasteiger partial charge in [0, 0.05) is 33.1 Å². The second-order valence-electron chi connectivity index (χ2n) is 17.5. The molecule has 1 heterocycles. The fourth-order valence-electron chi connectivity index (χ4n) is 11.8. The van der Waals surface area contributed by atoms with E-state index in [1.807, 2.05) is 0 Å². The minimum atomic E-state index is -0.461.